The van der Waals surface area contributed by atoms with Gasteiger partial charge in [0, 0.05) is 27.7 Å². The average molecular weight is 386 g/mol. The second kappa shape index (κ2) is 8.75. The summed E-state index contributed by atoms with van der Waals surface area (Å²) in [5.74, 6) is 0.420. The number of hydrogen-bond donors (Lipinski definition) is 1. The van der Waals surface area contributed by atoms with Crippen molar-refractivity contribution < 1.29 is 9.53 Å². The Hall–Kier alpha value is -2.49. The lowest BCUT2D eigenvalue weighted by Gasteiger charge is -2.10. The molecule has 0 heterocycles. The normalized spacial score (nSPS) is 10.4. The van der Waals surface area contributed by atoms with Crippen LogP contribution in [0.15, 0.2) is 72.8 Å². The monoisotopic (exact) mass is 385 g/mol. The SMILES string of the molecule is O=C(NCc1ccccc1Cl)c1cccc(OCc2ccccc2Cl)c1. The quantitative estimate of drug-likeness (QED) is 0.607. The number of halogens is 2. The van der Waals surface area contributed by atoms with E-state index in [1.807, 2.05) is 48.5 Å². The van der Waals surface area contributed by atoms with Crippen molar-refractivity contribution in [2.45, 2.75) is 13.2 Å². The van der Waals surface area contributed by atoms with Gasteiger partial charge in [0.1, 0.15) is 12.4 Å². The molecule has 1 amide bonds. The van der Waals surface area contributed by atoms with Gasteiger partial charge in [-0.1, -0.05) is 65.7 Å². The maximum atomic E-state index is 12.4. The molecule has 132 valence electrons. The molecule has 3 aromatic rings. The van der Waals surface area contributed by atoms with Crippen LogP contribution in [0.1, 0.15) is 21.5 Å². The third-order valence-electron chi connectivity index (χ3n) is 3.85. The zero-order valence-electron chi connectivity index (χ0n) is 13.9. The first-order chi connectivity index (χ1) is 12.6. The predicted molar refractivity (Wildman–Crippen MR) is 105 cm³/mol. The summed E-state index contributed by atoms with van der Waals surface area (Å²) in [5.41, 5.74) is 2.28. The molecule has 0 fully saturated rings. The molecule has 0 atom stereocenters. The van der Waals surface area contributed by atoms with Crippen molar-refractivity contribution >= 4 is 29.1 Å². The zero-order chi connectivity index (χ0) is 18.4. The lowest BCUT2D eigenvalue weighted by molar-refractivity contribution is 0.0950. The zero-order valence-corrected chi connectivity index (χ0v) is 15.4. The molecular formula is C21H17Cl2NO2. The van der Waals surface area contributed by atoms with Gasteiger partial charge in [-0.15, -0.1) is 0 Å². The number of hydrogen-bond acceptors (Lipinski definition) is 2. The van der Waals surface area contributed by atoms with Crippen LogP contribution < -0.4 is 10.1 Å². The van der Waals surface area contributed by atoms with Gasteiger partial charge in [-0.2, -0.15) is 0 Å². The molecule has 3 aromatic carbocycles. The number of carbonyl (C=O) groups is 1. The fourth-order valence-electron chi connectivity index (χ4n) is 2.42. The summed E-state index contributed by atoms with van der Waals surface area (Å²) in [5, 5.41) is 4.15. The van der Waals surface area contributed by atoms with Crippen molar-refractivity contribution in [3.05, 3.63) is 99.5 Å². The molecule has 3 nitrogen and oxygen atoms in total. The molecule has 0 spiro atoms. The van der Waals surface area contributed by atoms with E-state index < -0.39 is 0 Å². The van der Waals surface area contributed by atoms with Crippen molar-refractivity contribution in [2.24, 2.45) is 0 Å². The Labute approximate surface area is 162 Å². The van der Waals surface area contributed by atoms with Gasteiger partial charge in [0.2, 0.25) is 0 Å². The molecule has 26 heavy (non-hydrogen) atoms. The van der Waals surface area contributed by atoms with E-state index in [1.165, 1.54) is 0 Å². The number of nitrogens with one attached hydrogen (secondary N) is 1. The fourth-order valence-corrected chi connectivity index (χ4v) is 2.82. The summed E-state index contributed by atoms with van der Waals surface area (Å²) in [7, 11) is 0. The standard InChI is InChI=1S/C21H17Cl2NO2/c22-19-10-3-1-6-16(19)13-24-21(25)15-8-5-9-18(12-15)26-14-17-7-2-4-11-20(17)23/h1-12H,13-14H2,(H,24,25). The lowest BCUT2D eigenvalue weighted by atomic mass is 10.2. The molecule has 0 aromatic heterocycles. The van der Waals surface area contributed by atoms with E-state index in [2.05, 4.69) is 5.32 Å². The van der Waals surface area contributed by atoms with E-state index in [4.69, 9.17) is 27.9 Å². The van der Waals surface area contributed by atoms with Crippen LogP contribution in [-0.4, -0.2) is 5.91 Å². The Balaban J connectivity index is 1.62. The number of rotatable bonds is 6. The average Bonchev–Trinajstić information content (AvgIpc) is 2.67. The second-order valence-corrected chi connectivity index (χ2v) is 6.50. The smallest absolute Gasteiger partial charge is 0.251 e. The molecule has 0 bridgehead atoms. The van der Waals surface area contributed by atoms with E-state index in [0.29, 0.717) is 34.5 Å². The highest BCUT2D eigenvalue weighted by Crippen LogP contribution is 2.20. The van der Waals surface area contributed by atoms with Gasteiger partial charge in [-0.05, 0) is 35.9 Å². The van der Waals surface area contributed by atoms with Gasteiger partial charge >= 0.3 is 0 Å². The number of benzene rings is 3. The number of carbonyl (C=O) groups excluding carboxylic acids is 1. The van der Waals surface area contributed by atoms with E-state index >= 15 is 0 Å². The molecule has 0 aliphatic rings. The highest BCUT2D eigenvalue weighted by molar-refractivity contribution is 6.31. The molecule has 0 unspecified atom stereocenters. The van der Waals surface area contributed by atoms with E-state index in [1.54, 1.807) is 24.3 Å². The van der Waals surface area contributed by atoms with Crippen LogP contribution in [0, 0.1) is 0 Å². The van der Waals surface area contributed by atoms with Crippen LogP contribution in [0.25, 0.3) is 0 Å². The first-order valence-corrected chi connectivity index (χ1v) is 8.87. The van der Waals surface area contributed by atoms with Crippen molar-refractivity contribution in [3.8, 4) is 5.75 Å². The van der Waals surface area contributed by atoms with Crippen LogP contribution in [0.5, 0.6) is 5.75 Å². The van der Waals surface area contributed by atoms with Gasteiger partial charge in [0.25, 0.3) is 5.91 Å². The van der Waals surface area contributed by atoms with Crippen LogP contribution in [-0.2, 0) is 13.2 Å². The van der Waals surface area contributed by atoms with E-state index in [-0.39, 0.29) is 5.91 Å². The summed E-state index contributed by atoms with van der Waals surface area (Å²) >= 11 is 12.2. The molecule has 5 heteroatoms. The van der Waals surface area contributed by atoms with Crippen LogP contribution in [0.3, 0.4) is 0 Å². The molecule has 0 saturated heterocycles. The summed E-state index contributed by atoms with van der Waals surface area (Å²) in [6.45, 7) is 0.702. The molecule has 0 saturated carbocycles. The van der Waals surface area contributed by atoms with Crippen LogP contribution in [0.4, 0.5) is 0 Å². The van der Waals surface area contributed by atoms with Gasteiger partial charge in [-0.3, -0.25) is 4.79 Å². The van der Waals surface area contributed by atoms with Gasteiger partial charge in [0.15, 0.2) is 0 Å². The molecule has 0 radical (unpaired) electrons. The van der Waals surface area contributed by atoms with Crippen LogP contribution in [0.2, 0.25) is 10.0 Å². The minimum Gasteiger partial charge on any atom is -0.489 e. The second-order valence-electron chi connectivity index (χ2n) is 5.68. The Morgan fingerprint density at radius 2 is 1.50 bits per heavy atom. The number of ether oxygens (including phenoxy) is 1. The number of amides is 1. The summed E-state index contributed by atoms with van der Waals surface area (Å²) < 4.78 is 5.76. The third-order valence-corrected chi connectivity index (χ3v) is 4.58. The van der Waals surface area contributed by atoms with Gasteiger partial charge in [0.05, 0.1) is 0 Å². The van der Waals surface area contributed by atoms with E-state index in [9.17, 15) is 4.79 Å². The minimum absolute atomic E-state index is 0.187. The fraction of sp³-hybridized carbons (Fsp3) is 0.0952. The third kappa shape index (κ3) is 4.78. The Bertz CT molecular complexity index is 912. The highest BCUT2D eigenvalue weighted by atomic mass is 35.5. The molecule has 3 rings (SSSR count). The summed E-state index contributed by atoms with van der Waals surface area (Å²) in [6, 6.07) is 22.0. The van der Waals surface area contributed by atoms with Crippen molar-refractivity contribution in [2.75, 3.05) is 0 Å². The lowest BCUT2D eigenvalue weighted by Crippen LogP contribution is -2.22. The van der Waals surface area contributed by atoms with Crippen LogP contribution >= 0.6 is 23.2 Å². The first-order valence-electron chi connectivity index (χ1n) is 8.11. The Morgan fingerprint density at radius 1 is 0.846 bits per heavy atom. The van der Waals surface area contributed by atoms with Gasteiger partial charge in [-0.25, -0.2) is 0 Å². The maximum Gasteiger partial charge on any atom is 0.251 e. The molecule has 1 N–H and O–H groups in total. The topological polar surface area (TPSA) is 38.3 Å². The van der Waals surface area contributed by atoms with Crippen molar-refractivity contribution in [3.63, 3.8) is 0 Å². The Morgan fingerprint density at radius 3 is 2.19 bits per heavy atom. The molecule has 0 aliphatic heterocycles. The predicted octanol–water partition coefficient (Wildman–Crippen LogP) is 5.50. The largest absolute Gasteiger partial charge is 0.489 e. The van der Waals surface area contributed by atoms with Crippen molar-refractivity contribution in [1.82, 2.24) is 5.32 Å². The van der Waals surface area contributed by atoms with Crippen molar-refractivity contribution in [1.29, 1.82) is 0 Å². The van der Waals surface area contributed by atoms with E-state index in [0.717, 1.165) is 11.1 Å². The molecular weight excluding hydrogens is 369 g/mol. The van der Waals surface area contributed by atoms with Gasteiger partial charge < -0.3 is 10.1 Å². The summed E-state index contributed by atoms with van der Waals surface area (Å²) in [6.07, 6.45) is 0. The Kier molecular flexibility index (Phi) is 6.16. The molecule has 0 aliphatic carbocycles. The minimum atomic E-state index is -0.187. The highest BCUT2D eigenvalue weighted by Gasteiger charge is 2.08. The summed E-state index contributed by atoms with van der Waals surface area (Å²) in [4.78, 5) is 12.4. The maximum absolute atomic E-state index is 12.4. The first kappa shape index (κ1) is 18.3.